The van der Waals surface area contributed by atoms with Crippen molar-refractivity contribution in [3.8, 4) is 0 Å². The van der Waals surface area contributed by atoms with Crippen molar-refractivity contribution >= 4 is 20.8 Å². The highest BCUT2D eigenvalue weighted by Crippen LogP contribution is 2.23. The quantitative estimate of drug-likeness (QED) is 0.770. The predicted octanol–water partition coefficient (Wildman–Crippen LogP) is 4.16. The summed E-state index contributed by atoms with van der Waals surface area (Å²) < 4.78 is 54.1. The third-order valence-electron chi connectivity index (χ3n) is 3.79. The highest BCUT2D eigenvalue weighted by atomic mass is 32.2. The van der Waals surface area contributed by atoms with Gasteiger partial charge >= 0.3 is 0 Å². The molecule has 0 aliphatic carbocycles. The fraction of sp³-hybridized carbons (Fsp3) is 0.111. The van der Waals surface area contributed by atoms with Crippen LogP contribution < -0.4 is 4.72 Å². The molecule has 24 heavy (non-hydrogen) atoms. The van der Waals surface area contributed by atoms with E-state index in [1.165, 1.54) is 0 Å². The van der Waals surface area contributed by atoms with Crippen molar-refractivity contribution in [2.45, 2.75) is 17.9 Å². The summed E-state index contributed by atoms with van der Waals surface area (Å²) in [5, 5.41) is 2.01. The first-order chi connectivity index (χ1) is 11.4. The van der Waals surface area contributed by atoms with Crippen molar-refractivity contribution in [1.29, 1.82) is 0 Å². The Bertz CT molecular complexity index is 1000. The molecule has 3 rings (SSSR count). The van der Waals surface area contributed by atoms with Crippen molar-refractivity contribution in [2.24, 2.45) is 0 Å². The van der Waals surface area contributed by atoms with Crippen LogP contribution in [0.1, 0.15) is 18.5 Å². The van der Waals surface area contributed by atoms with Gasteiger partial charge in [-0.15, -0.1) is 0 Å². The normalized spacial score (nSPS) is 13.1. The lowest BCUT2D eigenvalue weighted by atomic mass is 10.0. The van der Waals surface area contributed by atoms with Gasteiger partial charge < -0.3 is 0 Å². The summed E-state index contributed by atoms with van der Waals surface area (Å²) in [5.41, 5.74) is 0.731. The summed E-state index contributed by atoms with van der Waals surface area (Å²) in [5.74, 6) is -1.80. The molecule has 0 saturated heterocycles. The van der Waals surface area contributed by atoms with Gasteiger partial charge in [-0.3, -0.25) is 0 Å². The molecule has 124 valence electrons. The van der Waals surface area contributed by atoms with Gasteiger partial charge in [0, 0.05) is 6.04 Å². The van der Waals surface area contributed by atoms with E-state index < -0.39 is 32.6 Å². The first-order valence-electron chi connectivity index (χ1n) is 7.33. The molecule has 0 amide bonds. The molecular weight excluding hydrogens is 332 g/mol. The summed E-state index contributed by atoms with van der Waals surface area (Å²) in [6.45, 7) is 1.65. The van der Waals surface area contributed by atoms with E-state index in [1.54, 1.807) is 13.0 Å². The third-order valence-corrected chi connectivity index (χ3v) is 5.34. The molecule has 0 aliphatic rings. The van der Waals surface area contributed by atoms with Gasteiger partial charge in [-0.25, -0.2) is 21.9 Å². The van der Waals surface area contributed by atoms with Crippen LogP contribution in [0.15, 0.2) is 65.6 Å². The fourth-order valence-corrected chi connectivity index (χ4v) is 3.85. The second-order valence-electron chi connectivity index (χ2n) is 5.52. The molecule has 0 radical (unpaired) electrons. The molecule has 3 aromatic carbocycles. The molecular formula is C18H15F2NO2S. The van der Waals surface area contributed by atoms with E-state index in [1.807, 2.05) is 36.4 Å². The highest BCUT2D eigenvalue weighted by Gasteiger charge is 2.22. The van der Waals surface area contributed by atoms with Gasteiger partial charge in [-0.1, -0.05) is 36.4 Å². The summed E-state index contributed by atoms with van der Waals surface area (Å²) in [6, 6.07) is 15.0. The van der Waals surface area contributed by atoms with Crippen LogP contribution in [0.5, 0.6) is 0 Å². The Labute approximate surface area is 139 Å². The van der Waals surface area contributed by atoms with Gasteiger partial charge in [0.05, 0.1) is 0 Å². The summed E-state index contributed by atoms with van der Waals surface area (Å²) in [7, 11) is -4.18. The number of nitrogens with one attached hydrogen (secondary N) is 1. The predicted molar refractivity (Wildman–Crippen MR) is 89.0 cm³/mol. The maximum atomic E-state index is 13.7. The number of halogens is 2. The molecule has 1 N–H and O–H groups in total. The van der Waals surface area contributed by atoms with Crippen LogP contribution in [0.3, 0.4) is 0 Å². The van der Waals surface area contributed by atoms with Crippen molar-refractivity contribution in [3.05, 3.63) is 77.9 Å². The maximum Gasteiger partial charge on any atom is 0.244 e. The van der Waals surface area contributed by atoms with Crippen molar-refractivity contribution < 1.29 is 17.2 Å². The standard InChI is InChI=1S/C18H15F2NO2S/c1-12(14-7-6-13-4-2-3-5-15(13)10-14)21-24(22,23)18-11-16(19)8-9-17(18)20/h2-12,21H,1H3. The van der Waals surface area contributed by atoms with E-state index in [9.17, 15) is 17.2 Å². The monoisotopic (exact) mass is 347 g/mol. The minimum absolute atomic E-state index is 0.595. The van der Waals surface area contributed by atoms with E-state index in [4.69, 9.17) is 0 Å². The SMILES string of the molecule is CC(NS(=O)(=O)c1cc(F)ccc1F)c1ccc2ccccc2c1. The average Bonchev–Trinajstić information content (AvgIpc) is 2.56. The molecule has 0 aromatic heterocycles. The number of hydrogen-bond donors (Lipinski definition) is 1. The molecule has 0 fully saturated rings. The Morgan fingerprint density at radius 2 is 1.62 bits per heavy atom. The fourth-order valence-electron chi connectivity index (χ4n) is 2.52. The number of fused-ring (bicyclic) bond motifs is 1. The topological polar surface area (TPSA) is 46.2 Å². The average molecular weight is 347 g/mol. The van der Waals surface area contributed by atoms with Crippen LogP contribution in [0.4, 0.5) is 8.78 Å². The van der Waals surface area contributed by atoms with Crippen molar-refractivity contribution in [2.75, 3.05) is 0 Å². The van der Waals surface area contributed by atoms with E-state index in [0.29, 0.717) is 6.07 Å². The molecule has 3 nitrogen and oxygen atoms in total. The molecule has 0 saturated carbocycles. The minimum Gasteiger partial charge on any atom is -0.207 e. The van der Waals surface area contributed by atoms with Gasteiger partial charge in [0.15, 0.2) is 0 Å². The van der Waals surface area contributed by atoms with Crippen LogP contribution in [-0.4, -0.2) is 8.42 Å². The van der Waals surface area contributed by atoms with Gasteiger partial charge in [-0.2, -0.15) is 0 Å². The van der Waals surface area contributed by atoms with Gasteiger partial charge in [0.1, 0.15) is 16.5 Å². The van der Waals surface area contributed by atoms with Crippen LogP contribution in [0.25, 0.3) is 10.8 Å². The van der Waals surface area contributed by atoms with Gasteiger partial charge in [-0.05, 0) is 47.5 Å². The molecule has 0 aliphatic heterocycles. The number of hydrogen-bond acceptors (Lipinski definition) is 2. The first kappa shape index (κ1) is 16.5. The Morgan fingerprint density at radius 1 is 0.917 bits per heavy atom. The lowest BCUT2D eigenvalue weighted by Gasteiger charge is -2.16. The van der Waals surface area contributed by atoms with Crippen LogP contribution >= 0.6 is 0 Å². The zero-order valence-corrected chi connectivity index (χ0v) is 13.6. The second-order valence-corrected chi connectivity index (χ2v) is 7.21. The molecule has 1 unspecified atom stereocenters. The Balaban J connectivity index is 1.92. The summed E-state index contributed by atoms with van der Waals surface area (Å²) in [6.07, 6.45) is 0. The van der Waals surface area contributed by atoms with Crippen molar-refractivity contribution in [3.63, 3.8) is 0 Å². The number of rotatable bonds is 4. The summed E-state index contributed by atoms with van der Waals surface area (Å²) in [4.78, 5) is -0.699. The highest BCUT2D eigenvalue weighted by molar-refractivity contribution is 7.89. The zero-order valence-electron chi connectivity index (χ0n) is 12.8. The van der Waals surface area contributed by atoms with Crippen LogP contribution in [0.2, 0.25) is 0 Å². The second kappa shape index (κ2) is 6.30. The van der Waals surface area contributed by atoms with E-state index in [2.05, 4.69) is 4.72 Å². The third kappa shape index (κ3) is 3.29. The zero-order chi connectivity index (χ0) is 17.3. The lowest BCUT2D eigenvalue weighted by Crippen LogP contribution is -2.27. The van der Waals surface area contributed by atoms with Crippen LogP contribution in [0, 0.1) is 11.6 Å². The van der Waals surface area contributed by atoms with Gasteiger partial charge in [0.25, 0.3) is 0 Å². The maximum absolute atomic E-state index is 13.7. The summed E-state index contributed by atoms with van der Waals surface area (Å²) >= 11 is 0. The van der Waals surface area contributed by atoms with Crippen molar-refractivity contribution in [1.82, 2.24) is 4.72 Å². The molecule has 6 heteroatoms. The van der Waals surface area contributed by atoms with Crippen LogP contribution in [-0.2, 0) is 10.0 Å². The van der Waals surface area contributed by atoms with E-state index in [0.717, 1.165) is 28.5 Å². The molecule has 0 spiro atoms. The molecule has 0 bridgehead atoms. The minimum atomic E-state index is -4.18. The Kier molecular flexibility index (Phi) is 4.34. The number of sulfonamides is 1. The molecule has 1 atom stereocenters. The molecule has 0 heterocycles. The Hall–Kier alpha value is -2.31. The largest absolute Gasteiger partial charge is 0.244 e. The Morgan fingerprint density at radius 3 is 2.38 bits per heavy atom. The smallest absolute Gasteiger partial charge is 0.207 e. The molecule has 3 aromatic rings. The lowest BCUT2D eigenvalue weighted by molar-refractivity contribution is 0.538. The van der Waals surface area contributed by atoms with Gasteiger partial charge in [0.2, 0.25) is 10.0 Å². The van der Waals surface area contributed by atoms with E-state index >= 15 is 0 Å². The van der Waals surface area contributed by atoms with E-state index in [-0.39, 0.29) is 0 Å². The first-order valence-corrected chi connectivity index (χ1v) is 8.81. The number of benzene rings is 3.